The maximum atomic E-state index is 12.1. The molecular weight excluding hydrogens is 344 g/mol. The summed E-state index contributed by atoms with van der Waals surface area (Å²) in [6.07, 6.45) is 0.131. The topological polar surface area (TPSA) is 66.9 Å². The minimum absolute atomic E-state index is 0.0656. The lowest BCUT2D eigenvalue weighted by Crippen LogP contribution is -2.32. The van der Waals surface area contributed by atoms with Crippen LogP contribution < -0.4 is 4.90 Å². The molecule has 0 aliphatic carbocycles. The van der Waals surface area contributed by atoms with Gasteiger partial charge in [0.1, 0.15) is 0 Å². The van der Waals surface area contributed by atoms with Crippen LogP contribution in [-0.2, 0) is 14.4 Å². The van der Waals surface area contributed by atoms with Crippen LogP contribution in [0.2, 0.25) is 0 Å². The van der Waals surface area contributed by atoms with E-state index in [2.05, 4.69) is 11.8 Å². The molecule has 1 fully saturated rings. The summed E-state index contributed by atoms with van der Waals surface area (Å²) in [4.78, 5) is 41.9. The van der Waals surface area contributed by atoms with Gasteiger partial charge in [-0.2, -0.15) is 0 Å². The third-order valence-corrected chi connectivity index (χ3v) is 4.04. The van der Waals surface area contributed by atoms with Gasteiger partial charge >= 0.3 is 5.97 Å². The van der Waals surface area contributed by atoms with Crippen molar-refractivity contribution in [3.63, 3.8) is 0 Å². The molecule has 0 N–H and O–H groups in total. The van der Waals surface area contributed by atoms with Gasteiger partial charge in [-0.1, -0.05) is 11.8 Å². The lowest BCUT2D eigenvalue weighted by Gasteiger charge is -2.12. The van der Waals surface area contributed by atoms with Crippen molar-refractivity contribution in [3.05, 3.63) is 65.2 Å². The van der Waals surface area contributed by atoms with Crippen LogP contribution in [0.25, 0.3) is 0 Å². The Bertz CT molecular complexity index is 919. The molecule has 0 atom stereocenters. The second kappa shape index (κ2) is 7.75. The SMILES string of the molecule is CN(C)c1ccc(C#Cc2ccc(C(=O)ON3C(=O)CCC3=O)cc2)cc1. The molecule has 2 aromatic carbocycles. The normalized spacial score (nSPS) is 13.2. The fraction of sp³-hybridized carbons (Fsp3) is 0.190. The third-order valence-electron chi connectivity index (χ3n) is 4.04. The molecule has 1 saturated heterocycles. The maximum absolute atomic E-state index is 12.1. The van der Waals surface area contributed by atoms with Gasteiger partial charge in [0.05, 0.1) is 5.56 Å². The van der Waals surface area contributed by atoms with Gasteiger partial charge in [0, 0.05) is 43.8 Å². The van der Waals surface area contributed by atoms with E-state index in [0.29, 0.717) is 5.06 Å². The summed E-state index contributed by atoms with van der Waals surface area (Å²) in [6, 6.07) is 14.3. The van der Waals surface area contributed by atoms with Crippen LogP contribution in [0.3, 0.4) is 0 Å². The first-order chi connectivity index (χ1) is 12.9. The van der Waals surface area contributed by atoms with E-state index >= 15 is 0 Å². The smallest absolute Gasteiger partial charge is 0.363 e. The van der Waals surface area contributed by atoms with E-state index < -0.39 is 17.8 Å². The molecule has 1 aliphatic heterocycles. The fourth-order valence-corrected chi connectivity index (χ4v) is 2.47. The Morgan fingerprint density at radius 1 is 0.889 bits per heavy atom. The van der Waals surface area contributed by atoms with Crippen molar-refractivity contribution >= 4 is 23.5 Å². The quantitative estimate of drug-likeness (QED) is 0.619. The molecule has 0 bridgehead atoms. The number of hydrogen-bond acceptors (Lipinski definition) is 5. The lowest BCUT2D eigenvalue weighted by atomic mass is 10.1. The van der Waals surface area contributed by atoms with Gasteiger partial charge in [0.15, 0.2) is 0 Å². The Labute approximate surface area is 157 Å². The number of carbonyl (C=O) groups excluding carboxylic acids is 3. The summed E-state index contributed by atoms with van der Waals surface area (Å²) < 4.78 is 0. The van der Waals surface area contributed by atoms with Crippen molar-refractivity contribution < 1.29 is 19.2 Å². The number of nitrogens with zero attached hydrogens (tertiary/aromatic N) is 2. The second-order valence-electron chi connectivity index (χ2n) is 6.23. The molecule has 0 spiro atoms. The first-order valence-electron chi connectivity index (χ1n) is 8.41. The fourth-order valence-electron chi connectivity index (χ4n) is 2.47. The number of benzene rings is 2. The molecule has 0 saturated carbocycles. The minimum Gasteiger partial charge on any atom is -0.378 e. The molecular formula is C21H18N2O4. The summed E-state index contributed by atoms with van der Waals surface area (Å²) in [6.45, 7) is 0. The number of carbonyl (C=O) groups is 3. The van der Waals surface area contributed by atoms with E-state index in [-0.39, 0.29) is 18.4 Å². The third kappa shape index (κ3) is 4.33. The van der Waals surface area contributed by atoms with Crippen LogP contribution in [0.4, 0.5) is 5.69 Å². The molecule has 0 radical (unpaired) electrons. The van der Waals surface area contributed by atoms with E-state index in [9.17, 15) is 14.4 Å². The summed E-state index contributed by atoms with van der Waals surface area (Å²) in [7, 11) is 3.95. The van der Waals surface area contributed by atoms with Gasteiger partial charge in [-0.3, -0.25) is 9.59 Å². The number of hydrogen-bond donors (Lipinski definition) is 0. The number of amides is 2. The van der Waals surface area contributed by atoms with E-state index in [1.807, 2.05) is 43.3 Å². The van der Waals surface area contributed by atoms with Crippen LogP contribution >= 0.6 is 0 Å². The summed E-state index contributed by atoms with van der Waals surface area (Å²) in [5.41, 5.74) is 2.95. The molecule has 27 heavy (non-hydrogen) atoms. The Kier molecular flexibility index (Phi) is 5.23. The lowest BCUT2D eigenvalue weighted by molar-refractivity contribution is -0.172. The predicted molar refractivity (Wildman–Crippen MR) is 99.7 cm³/mol. The summed E-state index contributed by atoms with van der Waals surface area (Å²) in [5.74, 6) is 4.33. The molecule has 1 heterocycles. The molecule has 6 heteroatoms. The van der Waals surface area contributed by atoms with Crippen molar-refractivity contribution in [2.24, 2.45) is 0 Å². The largest absolute Gasteiger partial charge is 0.378 e. The second-order valence-corrected chi connectivity index (χ2v) is 6.23. The monoisotopic (exact) mass is 362 g/mol. The standard InChI is InChI=1S/C21H18N2O4/c1-22(2)18-11-7-16(8-12-18)4-3-15-5-9-17(10-6-15)21(26)27-23-19(24)13-14-20(23)25/h5-12H,13-14H2,1-2H3. The van der Waals surface area contributed by atoms with Gasteiger partial charge in [0.2, 0.25) is 0 Å². The number of rotatable bonds is 3. The van der Waals surface area contributed by atoms with Crippen LogP contribution in [0.1, 0.15) is 34.3 Å². The van der Waals surface area contributed by atoms with E-state index in [4.69, 9.17) is 4.84 Å². The first kappa shape index (κ1) is 18.2. The van der Waals surface area contributed by atoms with Crippen molar-refractivity contribution in [3.8, 4) is 11.8 Å². The molecule has 2 aromatic rings. The zero-order chi connectivity index (χ0) is 19.4. The minimum atomic E-state index is -0.752. The van der Waals surface area contributed by atoms with Crippen LogP contribution in [0.15, 0.2) is 48.5 Å². The Morgan fingerprint density at radius 2 is 1.37 bits per heavy atom. The average molecular weight is 362 g/mol. The van der Waals surface area contributed by atoms with Crippen molar-refractivity contribution in [2.45, 2.75) is 12.8 Å². The van der Waals surface area contributed by atoms with Gasteiger partial charge < -0.3 is 9.74 Å². The molecule has 6 nitrogen and oxygen atoms in total. The maximum Gasteiger partial charge on any atom is 0.363 e. The highest BCUT2D eigenvalue weighted by Crippen LogP contribution is 2.15. The van der Waals surface area contributed by atoms with Gasteiger partial charge in [-0.15, -0.1) is 5.06 Å². The molecule has 1 aliphatic rings. The van der Waals surface area contributed by atoms with Crippen molar-refractivity contribution in [1.82, 2.24) is 5.06 Å². The van der Waals surface area contributed by atoms with Crippen molar-refractivity contribution in [2.75, 3.05) is 19.0 Å². The number of imide groups is 1. The van der Waals surface area contributed by atoms with Crippen LogP contribution in [0.5, 0.6) is 0 Å². The zero-order valence-electron chi connectivity index (χ0n) is 15.1. The highest BCUT2D eigenvalue weighted by molar-refractivity contribution is 6.02. The van der Waals surface area contributed by atoms with E-state index in [1.165, 1.54) is 0 Å². The van der Waals surface area contributed by atoms with Crippen molar-refractivity contribution in [1.29, 1.82) is 0 Å². The van der Waals surface area contributed by atoms with Crippen LogP contribution in [-0.4, -0.2) is 36.9 Å². The van der Waals surface area contributed by atoms with E-state index in [0.717, 1.165) is 16.8 Å². The highest BCUT2D eigenvalue weighted by atomic mass is 16.7. The summed E-state index contributed by atoms with van der Waals surface area (Å²) >= 11 is 0. The zero-order valence-corrected chi connectivity index (χ0v) is 15.1. The molecule has 136 valence electrons. The van der Waals surface area contributed by atoms with Crippen LogP contribution in [0, 0.1) is 11.8 Å². The predicted octanol–water partition coefficient (Wildman–Crippen LogP) is 2.37. The Hall–Kier alpha value is -3.59. The Balaban J connectivity index is 1.66. The van der Waals surface area contributed by atoms with Gasteiger partial charge in [-0.25, -0.2) is 4.79 Å². The summed E-state index contributed by atoms with van der Waals surface area (Å²) in [5, 5.41) is 0.535. The van der Waals surface area contributed by atoms with Gasteiger partial charge in [-0.05, 0) is 48.5 Å². The average Bonchev–Trinajstić information content (AvgIpc) is 2.99. The molecule has 3 rings (SSSR count). The van der Waals surface area contributed by atoms with E-state index in [1.54, 1.807) is 24.3 Å². The number of anilines is 1. The molecule has 2 amide bonds. The Morgan fingerprint density at radius 3 is 1.85 bits per heavy atom. The number of hydroxylamine groups is 2. The van der Waals surface area contributed by atoms with Gasteiger partial charge in [0.25, 0.3) is 11.8 Å². The molecule has 0 aromatic heterocycles. The molecule has 0 unspecified atom stereocenters. The highest BCUT2D eigenvalue weighted by Gasteiger charge is 2.33. The first-order valence-corrected chi connectivity index (χ1v) is 8.41.